The Bertz CT molecular complexity index is 512. The van der Waals surface area contributed by atoms with E-state index in [2.05, 4.69) is 4.74 Å². The van der Waals surface area contributed by atoms with Gasteiger partial charge >= 0.3 is 11.7 Å². The van der Waals surface area contributed by atoms with E-state index in [-0.39, 0.29) is 11.3 Å². The van der Waals surface area contributed by atoms with Gasteiger partial charge in [-0.2, -0.15) is 4.39 Å². The zero-order valence-electron chi connectivity index (χ0n) is 9.02. The summed E-state index contributed by atoms with van der Waals surface area (Å²) in [5.41, 5.74) is -1.06. The lowest BCUT2D eigenvalue weighted by Crippen LogP contribution is -2.08. The molecule has 0 aliphatic rings. The number of benzene rings is 1. The van der Waals surface area contributed by atoms with Crippen molar-refractivity contribution in [2.75, 3.05) is 0 Å². The van der Waals surface area contributed by atoms with E-state index in [1.165, 1.54) is 0 Å². The summed E-state index contributed by atoms with van der Waals surface area (Å²) in [4.78, 5) is 31.4. The monoisotopic (exact) mass is 241 g/mol. The summed E-state index contributed by atoms with van der Waals surface area (Å²) >= 11 is 0. The van der Waals surface area contributed by atoms with Crippen molar-refractivity contribution in [2.45, 2.75) is 13.8 Å². The lowest BCUT2D eigenvalue weighted by Gasteiger charge is -2.06. The molecular formula is C10H8FNO5. The molecule has 1 aromatic rings. The van der Waals surface area contributed by atoms with Crippen molar-refractivity contribution in [1.29, 1.82) is 0 Å². The molecule has 0 amide bonds. The molecule has 1 rings (SSSR count). The average molecular weight is 241 g/mol. The summed E-state index contributed by atoms with van der Waals surface area (Å²) < 4.78 is 17.9. The minimum Gasteiger partial charge on any atom is -0.426 e. The van der Waals surface area contributed by atoms with E-state index in [4.69, 9.17) is 0 Å². The fraction of sp³-hybridized carbons (Fsp3) is 0.200. The zero-order valence-corrected chi connectivity index (χ0v) is 9.02. The van der Waals surface area contributed by atoms with Gasteiger partial charge in [-0.15, -0.1) is 0 Å². The minimum atomic E-state index is -1.17. The lowest BCUT2D eigenvalue weighted by atomic mass is 10.1. The van der Waals surface area contributed by atoms with E-state index in [1.54, 1.807) is 0 Å². The largest absolute Gasteiger partial charge is 0.426 e. The predicted molar refractivity (Wildman–Crippen MR) is 54.4 cm³/mol. The van der Waals surface area contributed by atoms with Gasteiger partial charge in [0.15, 0.2) is 5.78 Å². The second-order valence-electron chi connectivity index (χ2n) is 3.21. The number of rotatable bonds is 3. The number of Topliss-reactive ketones (excluding diaryl/α,β-unsaturated/α-hetero) is 1. The Morgan fingerprint density at radius 2 is 1.94 bits per heavy atom. The van der Waals surface area contributed by atoms with E-state index in [1.807, 2.05) is 0 Å². The molecule has 0 aliphatic carbocycles. The summed E-state index contributed by atoms with van der Waals surface area (Å²) in [6, 6.07) is 1.40. The Balaban J connectivity index is 3.40. The number of nitro groups is 1. The number of carbonyl (C=O) groups excluding carboxylic acids is 2. The number of ether oxygens (including phenoxy) is 1. The molecule has 0 N–H and O–H groups in total. The molecule has 0 radical (unpaired) electrons. The van der Waals surface area contributed by atoms with Gasteiger partial charge in [0.1, 0.15) is 5.75 Å². The van der Waals surface area contributed by atoms with Gasteiger partial charge in [0.05, 0.1) is 10.5 Å². The van der Waals surface area contributed by atoms with Gasteiger partial charge in [0.25, 0.3) is 0 Å². The summed E-state index contributed by atoms with van der Waals surface area (Å²) in [6.07, 6.45) is 0. The van der Waals surface area contributed by atoms with Crippen LogP contribution in [0.4, 0.5) is 10.1 Å². The van der Waals surface area contributed by atoms with Crippen LogP contribution in [0.5, 0.6) is 5.75 Å². The van der Waals surface area contributed by atoms with Crippen molar-refractivity contribution < 1.29 is 23.6 Å². The van der Waals surface area contributed by atoms with Crippen LogP contribution in [-0.4, -0.2) is 16.7 Å². The zero-order chi connectivity index (χ0) is 13.2. The molecule has 0 bridgehead atoms. The molecule has 0 atom stereocenters. The fourth-order valence-corrected chi connectivity index (χ4v) is 1.20. The number of carbonyl (C=O) groups is 2. The van der Waals surface area contributed by atoms with Gasteiger partial charge in [-0.25, -0.2) is 0 Å². The molecule has 6 nitrogen and oxygen atoms in total. The van der Waals surface area contributed by atoms with E-state index < -0.39 is 28.2 Å². The predicted octanol–water partition coefficient (Wildman–Crippen LogP) is 1.86. The van der Waals surface area contributed by atoms with Crippen molar-refractivity contribution in [2.24, 2.45) is 0 Å². The van der Waals surface area contributed by atoms with Gasteiger partial charge in [-0.1, -0.05) is 0 Å². The fourth-order valence-electron chi connectivity index (χ4n) is 1.20. The third-order valence-electron chi connectivity index (χ3n) is 1.88. The highest BCUT2D eigenvalue weighted by atomic mass is 19.1. The summed E-state index contributed by atoms with van der Waals surface area (Å²) in [6.45, 7) is 2.20. The first-order chi connectivity index (χ1) is 7.82. The number of nitro benzene ring substituents is 1. The molecule has 7 heteroatoms. The van der Waals surface area contributed by atoms with E-state index in [0.29, 0.717) is 6.07 Å². The summed E-state index contributed by atoms with van der Waals surface area (Å²) in [7, 11) is 0. The maximum absolute atomic E-state index is 13.3. The first-order valence-corrected chi connectivity index (χ1v) is 4.50. The van der Waals surface area contributed by atoms with Crippen molar-refractivity contribution in [3.8, 4) is 5.75 Å². The molecule has 0 saturated carbocycles. The van der Waals surface area contributed by atoms with E-state index >= 15 is 0 Å². The van der Waals surface area contributed by atoms with Crippen LogP contribution >= 0.6 is 0 Å². The van der Waals surface area contributed by atoms with Crippen LogP contribution in [0.15, 0.2) is 12.1 Å². The Hall–Kier alpha value is -2.31. The number of esters is 1. The molecule has 0 aliphatic heterocycles. The second-order valence-corrected chi connectivity index (χ2v) is 3.21. The summed E-state index contributed by atoms with van der Waals surface area (Å²) in [5.74, 6) is -2.81. The minimum absolute atomic E-state index is 0.215. The van der Waals surface area contributed by atoms with Gasteiger partial charge in [-0.05, 0) is 6.92 Å². The van der Waals surface area contributed by atoms with Gasteiger partial charge in [0.2, 0.25) is 5.82 Å². The number of hydrogen-bond acceptors (Lipinski definition) is 5. The van der Waals surface area contributed by atoms with Crippen LogP contribution < -0.4 is 4.74 Å². The quantitative estimate of drug-likeness (QED) is 0.265. The molecule has 0 unspecified atom stereocenters. The molecular weight excluding hydrogens is 233 g/mol. The Labute approximate surface area is 95.1 Å². The van der Waals surface area contributed by atoms with Crippen molar-refractivity contribution in [3.63, 3.8) is 0 Å². The molecule has 0 saturated heterocycles. The highest BCUT2D eigenvalue weighted by Crippen LogP contribution is 2.28. The topological polar surface area (TPSA) is 86.5 Å². The number of ketones is 1. The normalized spacial score (nSPS) is 9.82. The second kappa shape index (κ2) is 4.69. The molecule has 17 heavy (non-hydrogen) atoms. The Morgan fingerprint density at radius 3 is 2.35 bits per heavy atom. The smallest absolute Gasteiger partial charge is 0.308 e. The van der Waals surface area contributed by atoms with Gasteiger partial charge in [-0.3, -0.25) is 19.7 Å². The van der Waals surface area contributed by atoms with Crippen LogP contribution in [0.1, 0.15) is 24.2 Å². The SMILES string of the molecule is CC(=O)Oc1cc(F)c([N+](=O)[O-])cc1C(C)=O. The maximum Gasteiger partial charge on any atom is 0.308 e. The molecule has 1 aromatic carbocycles. The Morgan fingerprint density at radius 1 is 1.35 bits per heavy atom. The van der Waals surface area contributed by atoms with Gasteiger partial charge in [0, 0.05) is 19.1 Å². The standard InChI is InChI=1S/C10H8FNO5/c1-5(13)7-3-9(12(15)16)8(11)4-10(7)17-6(2)14/h3-4H,1-2H3. The van der Waals surface area contributed by atoms with Gasteiger partial charge < -0.3 is 4.74 Å². The number of hydrogen-bond donors (Lipinski definition) is 0. The van der Waals surface area contributed by atoms with Crippen LogP contribution in [0.2, 0.25) is 0 Å². The lowest BCUT2D eigenvalue weighted by molar-refractivity contribution is -0.387. The Kier molecular flexibility index (Phi) is 3.52. The molecule has 0 heterocycles. The number of halogens is 1. The first-order valence-electron chi connectivity index (χ1n) is 4.50. The van der Waals surface area contributed by atoms with Crippen LogP contribution in [0.25, 0.3) is 0 Å². The molecule has 0 spiro atoms. The van der Waals surface area contributed by atoms with Crippen LogP contribution in [0, 0.1) is 15.9 Å². The van der Waals surface area contributed by atoms with Crippen LogP contribution in [0.3, 0.4) is 0 Å². The van der Waals surface area contributed by atoms with Crippen LogP contribution in [-0.2, 0) is 4.79 Å². The average Bonchev–Trinajstić information content (AvgIpc) is 2.15. The summed E-state index contributed by atoms with van der Waals surface area (Å²) in [5, 5.41) is 10.5. The van der Waals surface area contributed by atoms with Crippen molar-refractivity contribution in [3.05, 3.63) is 33.6 Å². The van der Waals surface area contributed by atoms with E-state index in [9.17, 15) is 24.1 Å². The highest BCUT2D eigenvalue weighted by Gasteiger charge is 2.21. The third kappa shape index (κ3) is 2.83. The first kappa shape index (κ1) is 12.8. The number of nitrogens with zero attached hydrogens (tertiary/aromatic N) is 1. The van der Waals surface area contributed by atoms with E-state index in [0.717, 1.165) is 19.9 Å². The maximum atomic E-state index is 13.3. The highest BCUT2D eigenvalue weighted by molar-refractivity contribution is 5.98. The third-order valence-corrected chi connectivity index (χ3v) is 1.88. The van der Waals surface area contributed by atoms with Crippen molar-refractivity contribution in [1.82, 2.24) is 0 Å². The molecule has 0 fully saturated rings. The van der Waals surface area contributed by atoms with Crippen molar-refractivity contribution >= 4 is 17.4 Å². The molecule has 90 valence electrons. The molecule has 0 aromatic heterocycles.